The van der Waals surface area contributed by atoms with Crippen LogP contribution in [0.3, 0.4) is 0 Å². The van der Waals surface area contributed by atoms with E-state index in [0.29, 0.717) is 31.6 Å². The van der Waals surface area contributed by atoms with Gasteiger partial charge in [0.2, 0.25) is 11.8 Å². The van der Waals surface area contributed by atoms with Gasteiger partial charge in [0.1, 0.15) is 5.60 Å². The number of anilines is 1. The van der Waals surface area contributed by atoms with Crippen LogP contribution in [0.5, 0.6) is 0 Å². The van der Waals surface area contributed by atoms with Crippen molar-refractivity contribution in [3.8, 4) is 0 Å². The normalized spacial score (nSPS) is 25.9. The van der Waals surface area contributed by atoms with Crippen molar-refractivity contribution in [3.05, 3.63) is 23.9 Å². The molecule has 9 heteroatoms. The molecule has 0 aliphatic carbocycles. The van der Waals surface area contributed by atoms with Gasteiger partial charge in [-0.1, -0.05) is 6.92 Å². The molecule has 3 amide bonds. The summed E-state index contributed by atoms with van der Waals surface area (Å²) in [5.74, 6) is -0.279. The third-order valence-corrected chi connectivity index (χ3v) is 6.89. The van der Waals surface area contributed by atoms with E-state index in [2.05, 4.69) is 22.7 Å². The summed E-state index contributed by atoms with van der Waals surface area (Å²) < 4.78 is 7.32. The Morgan fingerprint density at radius 2 is 2.03 bits per heavy atom. The monoisotopic (exact) mass is 469 g/mol. The number of benzene rings is 1. The molecule has 3 atom stereocenters. The maximum Gasteiger partial charge on any atom is 0.410 e. The molecule has 34 heavy (non-hydrogen) atoms. The molecule has 0 bridgehead atoms. The molecule has 2 aliphatic rings. The van der Waals surface area contributed by atoms with Gasteiger partial charge in [0, 0.05) is 43.7 Å². The Balaban J connectivity index is 1.49. The molecule has 1 unspecified atom stereocenters. The van der Waals surface area contributed by atoms with Crippen molar-refractivity contribution in [3.63, 3.8) is 0 Å². The Morgan fingerprint density at radius 3 is 2.68 bits per heavy atom. The van der Waals surface area contributed by atoms with Crippen molar-refractivity contribution in [1.82, 2.24) is 20.0 Å². The molecule has 1 aromatic carbocycles. The third-order valence-electron chi connectivity index (χ3n) is 6.89. The van der Waals surface area contributed by atoms with Crippen molar-refractivity contribution in [2.75, 3.05) is 18.4 Å². The minimum absolute atomic E-state index is 0.219. The fourth-order valence-corrected chi connectivity index (χ4v) is 4.85. The average Bonchev–Trinajstić information content (AvgIpc) is 3.08. The first kappa shape index (κ1) is 24.0. The second-order valence-corrected chi connectivity index (χ2v) is 10.9. The molecule has 2 saturated heterocycles. The van der Waals surface area contributed by atoms with Gasteiger partial charge >= 0.3 is 6.09 Å². The molecule has 3 heterocycles. The van der Waals surface area contributed by atoms with Crippen LogP contribution in [-0.2, 0) is 26.8 Å². The fraction of sp³-hybridized carbons (Fsp3) is 0.600. The zero-order chi connectivity index (χ0) is 24.8. The molecule has 0 saturated carbocycles. The zero-order valence-corrected chi connectivity index (χ0v) is 20.9. The Kier molecular flexibility index (Phi) is 6.08. The highest BCUT2D eigenvalue weighted by Crippen LogP contribution is 2.36. The van der Waals surface area contributed by atoms with E-state index in [-0.39, 0.29) is 29.9 Å². The summed E-state index contributed by atoms with van der Waals surface area (Å²) in [7, 11) is 1.87. The first-order valence-electron chi connectivity index (χ1n) is 11.9. The molecule has 9 nitrogen and oxygen atoms in total. The highest BCUT2D eigenvalue weighted by molar-refractivity contribution is 6.05. The highest BCUT2D eigenvalue weighted by Gasteiger charge is 2.43. The van der Waals surface area contributed by atoms with E-state index in [1.807, 2.05) is 52.9 Å². The van der Waals surface area contributed by atoms with Crippen LogP contribution >= 0.6 is 0 Å². The molecule has 2 aliphatic heterocycles. The van der Waals surface area contributed by atoms with E-state index in [9.17, 15) is 14.4 Å². The van der Waals surface area contributed by atoms with E-state index < -0.39 is 11.0 Å². The summed E-state index contributed by atoms with van der Waals surface area (Å²) >= 11 is 0. The number of carbonyl (C=O) groups excluding carboxylic acids is 3. The van der Waals surface area contributed by atoms with E-state index >= 15 is 0 Å². The summed E-state index contributed by atoms with van der Waals surface area (Å²) in [5, 5.41) is 11.7. The van der Waals surface area contributed by atoms with Crippen molar-refractivity contribution >= 4 is 34.5 Å². The number of nitrogens with one attached hydrogen (secondary N) is 2. The minimum Gasteiger partial charge on any atom is -0.444 e. The van der Waals surface area contributed by atoms with Crippen LogP contribution in [0, 0.1) is 5.92 Å². The average molecular weight is 470 g/mol. The number of hydrogen-bond acceptors (Lipinski definition) is 6. The Labute approximate surface area is 200 Å². The van der Waals surface area contributed by atoms with Crippen LogP contribution in [0.25, 0.3) is 10.9 Å². The Morgan fingerprint density at radius 1 is 1.29 bits per heavy atom. The maximum atomic E-state index is 12.7. The predicted molar refractivity (Wildman–Crippen MR) is 129 cm³/mol. The smallest absolute Gasteiger partial charge is 0.410 e. The molecule has 1 aromatic heterocycles. The summed E-state index contributed by atoms with van der Waals surface area (Å²) in [6, 6.07) is 6.27. The molecule has 184 valence electrons. The number of hydrogen-bond donors (Lipinski definition) is 2. The van der Waals surface area contributed by atoms with Crippen LogP contribution < -0.4 is 10.6 Å². The quantitative estimate of drug-likeness (QED) is 0.668. The lowest BCUT2D eigenvalue weighted by atomic mass is 9.77. The SMILES string of the molecule is C[C@@H]1CN(C(=O)OC(C)(C)C)CC[C@H]1Nc1ccc2c(C3(C)CCC(=O)NC3=O)nn(C)c2c1. The largest absolute Gasteiger partial charge is 0.444 e. The van der Waals surface area contributed by atoms with E-state index in [1.54, 1.807) is 9.58 Å². The second kappa shape index (κ2) is 8.60. The number of amides is 3. The molecule has 2 N–H and O–H groups in total. The lowest BCUT2D eigenvalue weighted by molar-refractivity contribution is -0.137. The van der Waals surface area contributed by atoms with E-state index in [4.69, 9.17) is 4.74 Å². The zero-order valence-electron chi connectivity index (χ0n) is 20.9. The number of piperidine rings is 2. The summed E-state index contributed by atoms with van der Waals surface area (Å²) in [5.41, 5.74) is 1.24. The number of rotatable bonds is 3. The van der Waals surface area contributed by atoms with Crippen LogP contribution in [0.2, 0.25) is 0 Å². The Bertz CT molecular complexity index is 1130. The van der Waals surface area contributed by atoms with Crippen molar-refractivity contribution < 1.29 is 19.1 Å². The van der Waals surface area contributed by atoms with Gasteiger partial charge in [0.05, 0.1) is 16.6 Å². The summed E-state index contributed by atoms with van der Waals surface area (Å²) in [6.07, 6.45) is 1.31. The van der Waals surface area contributed by atoms with Crippen molar-refractivity contribution in [1.29, 1.82) is 0 Å². The first-order chi connectivity index (χ1) is 15.9. The maximum absolute atomic E-state index is 12.7. The Hall–Kier alpha value is -3.10. The van der Waals surface area contributed by atoms with Gasteiger partial charge in [-0.25, -0.2) is 4.79 Å². The number of nitrogens with zero attached hydrogens (tertiary/aromatic N) is 3. The number of aromatic nitrogens is 2. The number of carbonyl (C=O) groups is 3. The molecular weight excluding hydrogens is 434 g/mol. The first-order valence-corrected chi connectivity index (χ1v) is 11.9. The third kappa shape index (κ3) is 4.60. The topological polar surface area (TPSA) is 106 Å². The standard InChI is InChI=1S/C25H35N5O4/c1-15-14-30(23(33)34-24(2,3)4)12-10-18(15)26-16-7-8-17-19(13-16)29(6)28-21(17)25(5)11-9-20(31)27-22(25)32/h7-8,13,15,18,26H,9-12,14H2,1-6H3,(H,27,31,32)/t15-,18-,25?/m1/s1. The molecule has 2 fully saturated rings. The van der Waals surface area contributed by atoms with E-state index in [1.165, 1.54) is 0 Å². The highest BCUT2D eigenvalue weighted by atomic mass is 16.6. The number of imide groups is 1. The summed E-state index contributed by atoms with van der Waals surface area (Å²) in [6.45, 7) is 10.9. The summed E-state index contributed by atoms with van der Waals surface area (Å²) in [4.78, 5) is 38.5. The van der Waals surface area contributed by atoms with Crippen molar-refractivity contribution in [2.45, 2.75) is 70.9 Å². The molecule has 0 spiro atoms. The second-order valence-electron chi connectivity index (χ2n) is 10.9. The van der Waals surface area contributed by atoms with Gasteiger partial charge < -0.3 is 15.0 Å². The van der Waals surface area contributed by atoms with Crippen LogP contribution in [-0.4, -0.2) is 57.3 Å². The fourth-order valence-electron chi connectivity index (χ4n) is 4.85. The van der Waals surface area contributed by atoms with Gasteiger partial charge in [-0.2, -0.15) is 5.10 Å². The minimum atomic E-state index is -0.842. The van der Waals surface area contributed by atoms with Gasteiger partial charge in [-0.05, 0) is 64.7 Å². The van der Waals surface area contributed by atoms with Gasteiger partial charge in [-0.15, -0.1) is 0 Å². The number of likely N-dealkylation sites (tertiary alicyclic amines) is 1. The van der Waals surface area contributed by atoms with Gasteiger partial charge in [-0.3, -0.25) is 19.6 Å². The lowest BCUT2D eigenvalue weighted by Crippen LogP contribution is -2.50. The van der Waals surface area contributed by atoms with E-state index in [0.717, 1.165) is 23.0 Å². The van der Waals surface area contributed by atoms with Crippen LogP contribution in [0.4, 0.5) is 10.5 Å². The van der Waals surface area contributed by atoms with Gasteiger partial charge in [0.25, 0.3) is 0 Å². The van der Waals surface area contributed by atoms with Gasteiger partial charge in [0.15, 0.2) is 0 Å². The predicted octanol–water partition coefficient (Wildman–Crippen LogP) is 3.33. The molecular formula is C25H35N5O4. The molecule has 2 aromatic rings. The lowest BCUT2D eigenvalue weighted by Gasteiger charge is -2.38. The number of aryl methyl sites for hydroxylation is 1. The van der Waals surface area contributed by atoms with Crippen LogP contribution in [0.15, 0.2) is 18.2 Å². The number of fused-ring (bicyclic) bond motifs is 1. The molecule has 4 rings (SSSR count). The van der Waals surface area contributed by atoms with Crippen molar-refractivity contribution in [2.24, 2.45) is 13.0 Å². The molecule has 0 radical (unpaired) electrons. The van der Waals surface area contributed by atoms with Crippen LogP contribution in [0.1, 0.15) is 59.6 Å². The number of ether oxygens (including phenoxy) is 1.